The molecule has 1 fully saturated rings. The number of fused-ring (bicyclic) bond motifs is 2. The van der Waals surface area contributed by atoms with Crippen LogP contribution >= 0.6 is 0 Å². The summed E-state index contributed by atoms with van der Waals surface area (Å²) >= 11 is 0. The number of aromatic nitrogens is 2. The van der Waals surface area contributed by atoms with E-state index >= 15 is 0 Å². The SMILES string of the molecule is Cc1nc2ccc(-c3ccc4c(c3)CN(C(=O)c3ccc(S(=O)(=O)NC5CC5)cc3C)CCO4)cc2[nH]1. The molecule has 9 heteroatoms. The quantitative estimate of drug-likeness (QED) is 0.411. The average Bonchev–Trinajstić information content (AvgIpc) is 3.63. The molecule has 0 saturated heterocycles. The highest BCUT2D eigenvalue weighted by Gasteiger charge is 2.29. The third kappa shape index (κ3) is 4.72. The number of hydrogen-bond acceptors (Lipinski definition) is 5. The molecule has 6 rings (SSSR count). The van der Waals surface area contributed by atoms with Crippen LogP contribution in [0.2, 0.25) is 0 Å². The molecular formula is C28H28N4O4S. The van der Waals surface area contributed by atoms with Crippen LogP contribution in [0.4, 0.5) is 0 Å². The molecule has 2 N–H and O–H groups in total. The number of nitrogens with zero attached hydrogens (tertiary/aromatic N) is 2. The van der Waals surface area contributed by atoms with E-state index in [1.807, 2.05) is 31.2 Å². The molecule has 1 aliphatic carbocycles. The van der Waals surface area contributed by atoms with Crippen molar-refractivity contribution < 1.29 is 17.9 Å². The summed E-state index contributed by atoms with van der Waals surface area (Å²) in [6.07, 6.45) is 1.74. The average molecular weight is 517 g/mol. The summed E-state index contributed by atoms with van der Waals surface area (Å²) in [5.41, 5.74) is 6.03. The first kappa shape index (κ1) is 23.7. The van der Waals surface area contributed by atoms with E-state index in [0.29, 0.717) is 30.8 Å². The van der Waals surface area contributed by atoms with Crippen LogP contribution < -0.4 is 9.46 Å². The van der Waals surface area contributed by atoms with Gasteiger partial charge in [0, 0.05) is 23.7 Å². The van der Waals surface area contributed by atoms with Crippen molar-refractivity contribution in [3.63, 3.8) is 0 Å². The van der Waals surface area contributed by atoms with Gasteiger partial charge in [-0.1, -0.05) is 12.1 Å². The number of rotatable bonds is 5. The maximum absolute atomic E-state index is 13.5. The van der Waals surface area contributed by atoms with Crippen molar-refractivity contribution in [1.29, 1.82) is 0 Å². The topological polar surface area (TPSA) is 104 Å². The number of benzene rings is 3. The standard InChI is InChI=1S/C28H28N4O4S/c1-17-13-23(37(34,35)31-22-5-6-22)7-8-24(17)28(33)32-11-12-36-27-10-4-19(14-21(27)16-32)20-3-9-25-26(15-20)30-18(2)29-25/h3-4,7-10,13-15,22,31H,5-6,11-12,16H2,1-2H3,(H,29,30). The second-order valence-corrected chi connectivity index (χ2v) is 11.5. The Morgan fingerprint density at radius 2 is 1.84 bits per heavy atom. The number of hydrogen-bond donors (Lipinski definition) is 2. The predicted molar refractivity (Wildman–Crippen MR) is 141 cm³/mol. The smallest absolute Gasteiger partial charge is 0.254 e. The lowest BCUT2D eigenvalue weighted by Crippen LogP contribution is -2.33. The molecule has 1 aliphatic heterocycles. The van der Waals surface area contributed by atoms with Crippen molar-refractivity contribution in [3.8, 4) is 16.9 Å². The maximum atomic E-state index is 13.5. The van der Waals surface area contributed by atoms with Crippen LogP contribution in [0.15, 0.2) is 59.5 Å². The van der Waals surface area contributed by atoms with E-state index < -0.39 is 10.0 Å². The molecule has 4 aromatic rings. The van der Waals surface area contributed by atoms with Crippen LogP contribution in [0.1, 0.15) is 40.2 Å². The minimum Gasteiger partial charge on any atom is -0.491 e. The van der Waals surface area contributed by atoms with Crippen molar-refractivity contribution in [2.24, 2.45) is 0 Å². The highest BCUT2D eigenvalue weighted by molar-refractivity contribution is 7.89. The van der Waals surface area contributed by atoms with E-state index in [0.717, 1.165) is 52.1 Å². The van der Waals surface area contributed by atoms with E-state index in [4.69, 9.17) is 4.74 Å². The summed E-state index contributed by atoms with van der Waals surface area (Å²) in [5, 5.41) is 0. The first-order valence-corrected chi connectivity index (χ1v) is 13.9. The lowest BCUT2D eigenvalue weighted by molar-refractivity contribution is 0.0732. The number of aromatic amines is 1. The van der Waals surface area contributed by atoms with Crippen LogP contribution in [0.25, 0.3) is 22.2 Å². The molecule has 2 aliphatic rings. The highest BCUT2D eigenvalue weighted by atomic mass is 32.2. The van der Waals surface area contributed by atoms with Crippen molar-refractivity contribution in [2.75, 3.05) is 13.2 Å². The summed E-state index contributed by atoms with van der Waals surface area (Å²) < 4.78 is 33.8. The van der Waals surface area contributed by atoms with Gasteiger partial charge in [0.1, 0.15) is 18.2 Å². The van der Waals surface area contributed by atoms with Gasteiger partial charge >= 0.3 is 0 Å². The number of carbonyl (C=O) groups is 1. The van der Waals surface area contributed by atoms with Crippen LogP contribution in [0.5, 0.6) is 5.75 Å². The third-order valence-electron chi connectivity index (χ3n) is 6.90. The molecule has 0 radical (unpaired) electrons. The van der Waals surface area contributed by atoms with Crippen LogP contribution in [-0.2, 0) is 16.6 Å². The molecule has 8 nitrogen and oxygen atoms in total. The second-order valence-electron chi connectivity index (χ2n) is 9.82. The Balaban J connectivity index is 1.26. The Kier molecular flexibility index (Phi) is 5.77. The molecule has 0 atom stereocenters. The third-order valence-corrected chi connectivity index (χ3v) is 8.42. The lowest BCUT2D eigenvalue weighted by Gasteiger charge is -2.21. The number of amides is 1. The van der Waals surface area contributed by atoms with Crippen molar-refractivity contribution in [1.82, 2.24) is 19.6 Å². The zero-order chi connectivity index (χ0) is 25.7. The minimum atomic E-state index is -3.58. The molecule has 1 aromatic heterocycles. The summed E-state index contributed by atoms with van der Waals surface area (Å²) in [4.78, 5) is 23.2. The van der Waals surface area contributed by atoms with Gasteiger partial charge in [0.25, 0.3) is 5.91 Å². The van der Waals surface area contributed by atoms with Crippen molar-refractivity contribution in [2.45, 2.75) is 44.2 Å². The van der Waals surface area contributed by atoms with Gasteiger partial charge in [-0.05, 0) is 85.8 Å². The van der Waals surface area contributed by atoms with Gasteiger partial charge in [-0.2, -0.15) is 0 Å². The summed E-state index contributed by atoms with van der Waals surface area (Å²) in [7, 11) is -3.58. The van der Waals surface area contributed by atoms with Gasteiger partial charge in [0.05, 0.1) is 22.5 Å². The Morgan fingerprint density at radius 3 is 2.62 bits per heavy atom. The molecule has 37 heavy (non-hydrogen) atoms. The van der Waals surface area contributed by atoms with E-state index in [-0.39, 0.29) is 16.8 Å². The van der Waals surface area contributed by atoms with E-state index in [9.17, 15) is 13.2 Å². The fourth-order valence-electron chi connectivity index (χ4n) is 4.77. The van der Waals surface area contributed by atoms with Crippen molar-refractivity contribution >= 4 is 27.0 Å². The van der Waals surface area contributed by atoms with E-state index in [2.05, 4.69) is 26.8 Å². The molecule has 1 saturated carbocycles. The second kappa shape index (κ2) is 9.00. The van der Waals surface area contributed by atoms with Gasteiger partial charge < -0.3 is 14.6 Å². The lowest BCUT2D eigenvalue weighted by atomic mass is 10.0. The summed E-state index contributed by atoms with van der Waals surface area (Å²) in [5.74, 6) is 1.49. The molecule has 190 valence electrons. The highest BCUT2D eigenvalue weighted by Crippen LogP contribution is 2.31. The summed E-state index contributed by atoms with van der Waals surface area (Å²) in [6, 6.07) is 16.9. The normalized spacial score (nSPS) is 15.8. The molecule has 0 bridgehead atoms. The van der Waals surface area contributed by atoms with Crippen LogP contribution in [0.3, 0.4) is 0 Å². The number of ether oxygens (including phenoxy) is 1. The molecule has 0 unspecified atom stereocenters. The number of H-pyrrole nitrogens is 1. The van der Waals surface area contributed by atoms with Gasteiger partial charge in [-0.15, -0.1) is 0 Å². The molecule has 3 aromatic carbocycles. The first-order valence-electron chi connectivity index (χ1n) is 12.4. The minimum absolute atomic E-state index is 0.0270. The Morgan fingerprint density at radius 1 is 1.05 bits per heavy atom. The fraction of sp³-hybridized carbons (Fsp3) is 0.286. The van der Waals surface area contributed by atoms with Crippen LogP contribution in [-0.4, -0.2) is 48.4 Å². The number of aryl methyl sites for hydroxylation is 2. The van der Waals surface area contributed by atoms with Crippen molar-refractivity contribution in [3.05, 3.63) is 77.1 Å². The summed E-state index contributed by atoms with van der Waals surface area (Å²) in [6.45, 7) is 4.93. The molecular weight excluding hydrogens is 488 g/mol. The van der Waals surface area contributed by atoms with Gasteiger partial charge in [-0.3, -0.25) is 4.79 Å². The Labute approximate surface area is 215 Å². The predicted octanol–water partition coefficient (Wildman–Crippen LogP) is 4.32. The first-order chi connectivity index (χ1) is 17.8. The maximum Gasteiger partial charge on any atom is 0.254 e. The zero-order valence-electron chi connectivity index (χ0n) is 20.7. The number of sulfonamides is 1. The number of imidazole rings is 1. The molecule has 0 spiro atoms. The van der Waals surface area contributed by atoms with Gasteiger partial charge in [0.2, 0.25) is 10.0 Å². The van der Waals surface area contributed by atoms with Gasteiger partial charge in [0.15, 0.2) is 0 Å². The molecule has 1 amide bonds. The fourth-order valence-corrected chi connectivity index (χ4v) is 6.16. The monoisotopic (exact) mass is 516 g/mol. The van der Waals surface area contributed by atoms with Crippen LogP contribution in [0, 0.1) is 13.8 Å². The Hall–Kier alpha value is -3.69. The largest absolute Gasteiger partial charge is 0.491 e. The Bertz CT molecular complexity index is 1640. The van der Waals surface area contributed by atoms with E-state index in [1.54, 1.807) is 24.0 Å². The number of carbonyl (C=O) groups excluding carboxylic acids is 1. The number of nitrogens with one attached hydrogen (secondary N) is 2. The zero-order valence-corrected chi connectivity index (χ0v) is 21.6. The van der Waals surface area contributed by atoms with Gasteiger partial charge in [-0.25, -0.2) is 18.1 Å². The van der Waals surface area contributed by atoms with E-state index in [1.165, 1.54) is 6.07 Å². The molecule has 2 heterocycles.